The van der Waals surface area contributed by atoms with E-state index in [0.29, 0.717) is 29.6 Å². The number of nitrogens with one attached hydrogen (secondary N) is 1. The fourth-order valence-electron chi connectivity index (χ4n) is 4.69. The van der Waals surface area contributed by atoms with E-state index < -0.39 is 6.36 Å². The number of hydrogen-bond acceptors (Lipinski definition) is 6. The zero-order valence-corrected chi connectivity index (χ0v) is 21.8. The van der Waals surface area contributed by atoms with Crippen LogP contribution in [0.25, 0.3) is 0 Å². The fourth-order valence-corrected chi connectivity index (χ4v) is 5.42. The maximum Gasteiger partial charge on any atom is 0.573 e. The van der Waals surface area contributed by atoms with Crippen molar-refractivity contribution in [2.75, 3.05) is 31.5 Å². The van der Waals surface area contributed by atoms with Crippen molar-refractivity contribution in [2.45, 2.75) is 18.8 Å². The maximum atomic E-state index is 13.0. The number of halogens is 3. The molecule has 2 heterocycles. The number of benzene rings is 3. The molecule has 4 aromatic rings. The van der Waals surface area contributed by atoms with Gasteiger partial charge in [0.25, 0.3) is 0 Å². The molecule has 6 nitrogen and oxygen atoms in total. The minimum absolute atomic E-state index is 0.0242. The largest absolute Gasteiger partial charge is 0.573 e. The summed E-state index contributed by atoms with van der Waals surface area (Å²) in [6.07, 6.45) is -4.54. The number of nitrogens with zero attached hydrogens (tertiary/aromatic N) is 3. The van der Waals surface area contributed by atoms with Crippen molar-refractivity contribution >= 4 is 28.1 Å². The Balaban J connectivity index is 1.16. The lowest BCUT2D eigenvalue weighted by Crippen LogP contribution is -2.50. The Bertz CT molecular complexity index is 1320. The number of amides is 1. The van der Waals surface area contributed by atoms with E-state index in [-0.39, 0.29) is 24.1 Å². The smallest absolute Gasteiger partial charge is 0.406 e. The summed E-state index contributed by atoms with van der Waals surface area (Å²) < 4.78 is 40.9. The molecule has 1 aromatic heterocycles. The van der Waals surface area contributed by atoms with Crippen LogP contribution in [0, 0.1) is 0 Å². The number of carbonyl (C=O) groups excluding carboxylic acids is 1. The molecular formula is C29H27F3N4O2S. The number of ether oxygens (including phenoxy) is 1. The molecule has 1 fully saturated rings. The standard InChI is InChI=1S/C29H27F3N4O2S/c30-29(31,32)38-25-13-11-23(12-14-25)33-28-34-24(20-39-28)19-26(37)35-15-17-36(18-16-35)27(21-7-3-1-4-8-21)22-9-5-2-6-10-22/h1-14,20,27H,15-19H2,(H,33,34). The Morgan fingerprint density at radius 2 is 1.49 bits per heavy atom. The van der Waals surface area contributed by atoms with E-state index >= 15 is 0 Å². The first-order valence-electron chi connectivity index (χ1n) is 12.5. The Morgan fingerprint density at radius 1 is 0.897 bits per heavy atom. The number of anilines is 2. The molecule has 39 heavy (non-hydrogen) atoms. The van der Waals surface area contributed by atoms with Gasteiger partial charge in [0.1, 0.15) is 5.75 Å². The Labute approximate surface area is 228 Å². The van der Waals surface area contributed by atoms with Gasteiger partial charge in [0.15, 0.2) is 5.13 Å². The first-order chi connectivity index (χ1) is 18.8. The van der Waals surface area contributed by atoms with Crippen LogP contribution in [0.1, 0.15) is 22.9 Å². The van der Waals surface area contributed by atoms with Crippen LogP contribution in [0.15, 0.2) is 90.3 Å². The van der Waals surface area contributed by atoms with E-state index in [0.717, 1.165) is 13.1 Å². The van der Waals surface area contributed by atoms with Crippen molar-refractivity contribution in [3.8, 4) is 5.75 Å². The predicted octanol–water partition coefficient (Wildman–Crippen LogP) is 6.26. The lowest BCUT2D eigenvalue weighted by molar-refractivity contribution is -0.274. The molecule has 0 unspecified atom stereocenters. The van der Waals surface area contributed by atoms with Crippen LogP contribution in [0.3, 0.4) is 0 Å². The number of rotatable bonds is 8. The Kier molecular flexibility index (Phi) is 8.13. The topological polar surface area (TPSA) is 57.7 Å². The molecule has 202 valence electrons. The van der Waals surface area contributed by atoms with E-state index in [1.54, 1.807) is 0 Å². The minimum atomic E-state index is -4.73. The van der Waals surface area contributed by atoms with Gasteiger partial charge < -0.3 is 15.0 Å². The SMILES string of the molecule is O=C(Cc1csc(Nc2ccc(OC(F)(F)F)cc2)n1)N1CCN(C(c2ccccc2)c2ccccc2)CC1. The highest BCUT2D eigenvalue weighted by atomic mass is 32.1. The first-order valence-corrected chi connectivity index (χ1v) is 13.4. The molecule has 0 atom stereocenters. The molecule has 0 radical (unpaired) electrons. The van der Waals surface area contributed by atoms with E-state index in [9.17, 15) is 18.0 Å². The van der Waals surface area contributed by atoms with Crippen molar-refractivity contribution in [3.05, 3.63) is 107 Å². The third-order valence-corrected chi connectivity index (χ3v) is 7.29. The minimum Gasteiger partial charge on any atom is -0.406 e. The van der Waals surface area contributed by atoms with Gasteiger partial charge in [-0.15, -0.1) is 24.5 Å². The summed E-state index contributed by atoms with van der Waals surface area (Å²) in [5.74, 6) is -0.270. The molecule has 0 aliphatic carbocycles. The average Bonchev–Trinajstić information content (AvgIpc) is 3.37. The zero-order valence-electron chi connectivity index (χ0n) is 21.0. The van der Waals surface area contributed by atoms with Crippen LogP contribution in [-0.2, 0) is 11.2 Å². The van der Waals surface area contributed by atoms with Crippen LogP contribution in [0.2, 0.25) is 0 Å². The van der Waals surface area contributed by atoms with Crippen molar-refractivity contribution < 1.29 is 22.7 Å². The second-order valence-corrected chi connectivity index (χ2v) is 10.0. The second kappa shape index (κ2) is 11.9. The normalized spacial score (nSPS) is 14.4. The van der Waals surface area contributed by atoms with Crippen LogP contribution in [-0.4, -0.2) is 53.2 Å². The van der Waals surface area contributed by atoms with Gasteiger partial charge >= 0.3 is 6.36 Å². The van der Waals surface area contributed by atoms with Crippen molar-refractivity contribution in [3.63, 3.8) is 0 Å². The van der Waals surface area contributed by atoms with Gasteiger partial charge in [-0.2, -0.15) is 0 Å². The van der Waals surface area contributed by atoms with Crippen molar-refractivity contribution in [1.29, 1.82) is 0 Å². The summed E-state index contributed by atoms with van der Waals surface area (Å²) >= 11 is 1.33. The van der Waals surface area contributed by atoms with Crippen LogP contribution < -0.4 is 10.1 Å². The summed E-state index contributed by atoms with van der Waals surface area (Å²) in [4.78, 5) is 21.8. The monoisotopic (exact) mass is 552 g/mol. The summed E-state index contributed by atoms with van der Waals surface area (Å²) in [7, 11) is 0. The summed E-state index contributed by atoms with van der Waals surface area (Å²) in [6, 6.07) is 26.4. The molecule has 0 bridgehead atoms. The van der Waals surface area contributed by atoms with Crippen LogP contribution in [0.4, 0.5) is 24.0 Å². The number of piperazine rings is 1. The van der Waals surface area contributed by atoms with Crippen LogP contribution in [0.5, 0.6) is 5.75 Å². The molecular weight excluding hydrogens is 525 g/mol. The number of hydrogen-bond donors (Lipinski definition) is 1. The van der Waals surface area contributed by atoms with Gasteiger partial charge in [-0.1, -0.05) is 60.7 Å². The molecule has 5 rings (SSSR count). The lowest BCUT2D eigenvalue weighted by atomic mass is 9.96. The van der Waals surface area contributed by atoms with E-state index in [1.807, 2.05) is 22.4 Å². The molecule has 1 saturated heterocycles. The van der Waals surface area contributed by atoms with Crippen molar-refractivity contribution in [2.24, 2.45) is 0 Å². The highest BCUT2D eigenvalue weighted by Crippen LogP contribution is 2.30. The van der Waals surface area contributed by atoms with Crippen LogP contribution >= 0.6 is 11.3 Å². The first kappa shape index (κ1) is 26.7. The third kappa shape index (κ3) is 7.15. The second-order valence-electron chi connectivity index (χ2n) is 9.16. The summed E-state index contributed by atoms with van der Waals surface area (Å²) in [5.41, 5.74) is 3.68. The number of thiazole rings is 1. The van der Waals surface area contributed by atoms with E-state index in [4.69, 9.17) is 0 Å². The number of aromatic nitrogens is 1. The fraction of sp³-hybridized carbons (Fsp3) is 0.241. The van der Waals surface area contributed by atoms with Gasteiger partial charge in [0, 0.05) is 37.2 Å². The van der Waals surface area contributed by atoms with Gasteiger partial charge in [-0.3, -0.25) is 9.69 Å². The van der Waals surface area contributed by atoms with E-state index in [2.05, 4.69) is 68.5 Å². The van der Waals surface area contributed by atoms with E-state index in [1.165, 1.54) is 46.7 Å². The predicted molar refractivity (Wildman–Crippen MR) is 145 cm³/mol. The molecule has 1 aliphatic heterocycles. The van der Waals surface area contributed by atoms with Crippen molar-refractivity contribution in [1.82, 2.24) is 14.8 Å². The lowest BCUT2D eigenvalue weighted by Gasteiger charge is -2.39. The maximum absolute atomic E-state index is 13.0. The third-order valence-electron chi connectivity index (χ3n) is 6.49. The highest BCUT2D eigenvalue weighted by Gasteiger charge is 2.31. The number of carbonyl (C=O) groups is 1. The molecule has 0 saturated carbocycles. The molecule has 1 aliphatic rings. The molecule has 3 aromatic carbocycles. The Morgan fingerprint density at radius 3 is 2.05 bits per heavy atom. The van der Waals surface area contributed by atoms with Gasteiger partial charge in [-0.05, 0) is 35.4 Å². The number of alkyl halides is 3. The summed E-state index contributed by atoms with van der Waals surface area (Å²) in [6.45, 7) is 2.80. The van der Waals surface area contributed by atoms with Gasteiger partial charge in [0.05, 0.1) is 18.2 Å². The summed E-state index contributed by atoms with van der Waals surface area (Å²) in [5, 5.41) is 5.43. The quantitative estimate of drug-likeness (QED) is 0.280. The molecule has 1 amide bonds. The average molecular weight is 553 g/mol. The van der Waals surface area contributed by atoms with Gasteiger partial charge in [0.2, 0.25) is 5.91 Å². The van der Waals surface area contributed by atoms with Gasteiger partial charge in [-0.25, -0.2) is 4.98 Å². The Hall–Kier alpha value is -3.89. The zero-order chi connectivity index (χ0) is 27.2. The molecule has 0 spiro atoms. The molecule has 1 N–H and O–H groups in total. The highest BCUT2D eigenvalue weighted by molar-refractivity contribution is 7.13. The molecule has 10 heteroatoms.